The molecule has 1 N–H and O–H groups in total. The predicted molar refractivity (Wildman–Crippen MR) is 58.9 cm³/mol. The summed E-state index contributed by atoms with van der Waals surface area (Å²) in [6.07, 6.45) is 0. The first-order valence-corrected chi connectivity index (χ1v) is 5.00. The maximum absolute atomic E-state index is 11.0. The largest absolute Gasteiger partial charge is 0.478 e. The Morgan fingerprint density at radius 2 is 2.00 bits per heavy atom. The quantitative estimate of drug-likeness (QED) is 0.897. The minimum absolute atomic E-state index is 0.0110. The zero-order valence-electron chi connectivity index (χ0n) is 7.78. The number of aromatic nitrogens is 1. The van der Waals surface area contributed by atoms with E-state index in [0.717, 1.165) is 0 Å². The Kier molecular flexibility index (Phi) is 2.85. The molecule has 6 heteroatoms. The van der Waals surface area contributed by atoms with Crippen molar-refractivity contribution in [3.63, 3.8) is 0 Å². The zero-order chi connectivity index (χ0) is 11.7. The molecule has 0 spiro atoms. The fourth-order valence-corrected chi connectivity index (χ4v) is 1.59. The van der Waals surface area contributed by atoms with Crippen molar-refractivity contribution < 1.29 is 14.4 Å². The van der Waals surface area contributed by atoms with Gasteiger partial charge in [-0.25, -0.2) is 4.79 Å². The number of hydrogen-bond acceptors (Lipinski definition) is 3. The molecular weight excluding hydrogens is 253 g/mol. The van der Waals surface area contributed by atoms with Crippen molar-refractivity contribution >= 4 is 29.2 Å². The van der Waals surface area contributed by atoms with E-state index in [1.807, 2.05) is 0 Å². The molecule has 0 aliphatic rings. The molecule has 82 valence electrons. The fourth-order valence-electron chi connectivity index (χ4n) is 1.29. The van der Waals surface area contributed by atoms with Crippen LogP contribution in [0.15, 0.2) is 28.8 Å². The molecule has 1 aromatic heterocycles. The molecule has 1 heterocycles. The molecule has 0 bridgehead atoms. The van der Waals surface area contributed by atoms with Gasteiger partial charge in [-0.3, -0.25) is 0 Å². The van der Waals surface area contributed by atoms with Crippen LogP contribution in [0.1, 0.15) is 10.4 Å². The molecule has 0 aliphatic carbocycles. The van der Waals surface area contributed by atoms with Gasteiger partial charge in [-0.15, -0.1) is 0 Å². The van der Waals surface area contributed by atoms with Gasteiger partial charge in [0, 0.05) is 5.56 Å². The summed E-state index contributed by atoms with van der Waals surface area (Å²) >= 11 is 11.5. The van der Waals surface area contributed by atoms with Crippen LogP contribution in [0.25, 0.3) is 11.3 Å². The van der Waals surface area contributed by atoms with Gasteiger partial charge in [-0.2, -0.15) is 0 Å². The highest BCUT2D eigenvalue weighted by Gasteiger charge is 2.19. The van der Waals surface area contributed by atoms with Crippen LogP contribution in [0.2, 0.25) is 10.2 Å². The number of benzene rings is 1. The van der Waals surface area contributed by atoms with Crippen LogP contribution in [-0.2, 0) is 0 Å². The first-order chi connectivity index (χ1) is 7.61. The molecule has 2 rings (SSSR count). The third kappa shape index (κ3) is 1.77. The summed E-state index contributed by atoms with van der Waals surface area (Å²) in [5.74, 6) is -0.913. The molecule has 1 aromatic carbocycles. The van der Waals surface area contributed by atoms with E-state index in [9.17, 15) is 4.79 Å². The average Bonchev–Trinajstić information content (AvgIpc) is 2.60. The number of hydrogen-bond donors (Lipinski definition) is 1. The van der Waals surface area contributed by atoms with E-state index in [-0.39, 0.29) is 21.5 Å². The van der Waals surface area contributed by atoms with E-state index in [1.54, 1.807) is 18.2 Å². The summed E-state index contributed by atoms with van der Waals surface area (Å²) in [7, 11) is 0. The molecule has 4 nitrogen and oxygen atoms in total. The molecule has 0 saturated heterocycles. The Balaban J connectivity index is 2.64. The van der Waals surface area contributed by atoms with Crippen LogP contribution in [0.3, 0.4) is 0 Å². The monoisotopic (exact) mass is 257 g/mol. The molecule has 2 aromatic rings. The van der Waals surface area contributed by atoms with E-state index in [0.29, 0.717) is 5.56 Å². The van der Waals surface area contributed by atoms with Gasteiger partial charge in [0.1, 0.15) is 5.02 Å². The minimum atomic E-state index is -1.07. The summed E-state index contributed by atoms with van der Waals surface area (Å²) in [6.45, 7) is 0. The van der Waals surface area contributed by atoms with E-state index < -0.39 is 5.97 Å². The minimum Gasteiger partial charge on any atom is -0.478 e. The van der Waals surface area contributed by atoms with E-state index >= 15 is 0 Å². The van der Waals surface area contributed by atoms with Crippen LogP contribution >= 0.6 is 23.2 Å². The summed E-state index contributed by atoms with van der Waals surface area (Å²) in [5.41, 5.74) is 0.427. The SMILES string of the molecule is O=C(O)c1ccccc1-c1onc(Cl)c1Cl. The number of aromatic carboxylic acids is 1. The molecule has 16 heavy (non-hydrogen) atoms. The maximum Gasteiger partial charge on any atom is 0.336 e. The smallest absolute Gasteiger partial charge is 0.336 e. The van der Waals surface area contributed by atoms with Gasteiger partial charge in [0.25, 0.3) is 0 Å². The molecule has 0 radical (unpaired) electrons. The molecule has 0 atom stereocenters. The molecule has 0 unspecified atom stereocenters. The van der Waals surface area contributed by atoms with Crippen molar-refractivity contribution in [2.75, 3.05) is 0 Å². The number of halogens is 2. The van der Waals surface area contributed by atoms with Crippen LogP contribution in [0.5, 0.6) is 0 Å². The number of carboxylic acid groups (broad SMARTS) is 1. The Hall–Kier alpha value is -1.52. The highest BCUT2D eigenvalue weighted by atomic mass is 35.5. The Morgan fingerprint density at radius 1 is 1.31 bits per heavy atom. The van der Waals surface area contributed by atoms with E-state index in [1.165, 1.54) is 6.07 Å². The summed E-state index contributed by atoms with van der Waals surface area (Å²) < 4.78 is 4.89. The van der Waals surface area contributed by atoms with E-state index in [2.05, 4.69) is 5.16 Å². The second-order valence-electron chi connectivity index (χ2n) is 2.97. The molecular formula is C10H5Cl2NO3. The lowest BCUT2D eigenvalue weighted by molar-refractivity contribution is 0.0697. The molecule has 0 amide bonds. The highest BCUT2D eigenvalue weighted by molar-refractivity contribution is 6.42. The van der Waals surface area contributed by atoms with Gasteiger partial charge in [0.15, 0.2) is 10.9 Å². The molecule has 0 fully saturated rings. The van der Waals surface area contributed by atoms with Crippen LogP contribution in [-0.4, -0.2) is 16.2 Å². The number of carbonyl (C=O) groups is 1. The zero-order valence-corrected chi connectivity index (χ0v) is 9.29. The standard InChI is InChI=1S/C10H5Cl2NO3/c11-7-8(16-13-9(7)12)5-3-1-2-4-6(5)10(14)15/h1-4H,(H,14,15). The molecule has 0 aliphatic heterocycles. The lowest BCUT2D eigenvalue weighted by Crippen LogP contribution is -1.98. The Bertz CT molecular complexity index is 551. The van der Waals surface area contributed by atoms with Gasteiger partial charge < -0.3 is 9.63 Å². The third-order valence-electron chi connectivity index (χ3n) is 2.00. The van der Waals surface area contributed by atoms with Crippen LogP contribution < -0.4 is 0 Å². The van der Waals surface area contributed by atoms with Gasteiger partial charge in [-0.05, 0) is 6.07 Å². The third-order valence-corrected chi connectivity index (χ3v) is 2.71. The van der Waals surface area contributed by atoms with Crippen molar-refractivity contribution in [2.45, 2.75) is 0 Å². The van der Waals surface area contributed by atoms with Crippen LogP contribution in [0, 0.1) is 0 Å². The topological polar surface area (TPSA) is 63.3 Å². The predicted octanol–water partition coefficient (Wildman–Crippen LogP) is 3.35. The van der Waals surface area contributed by atoms with Crippen molar-refractivity contribution in [1.82, 2.24) is 5.16 Å². The second-order valence-corrected chi connectivity index (χ2v) is 3.70. The molecule has 0 saturated carbocycles. The lowest BCUT2D eigenvalue weighted by atomic mass is 10.1. The Morgan fingerprint density at radius 3 is 2.56 bits per heavy atom. The van der Waals surface area contributed by atoms with Gasteiger partial charge in [0.05, 0.1) is 5.56 Å². The lowest BCUT2D eigenvalue weighted by Gasteiger charge is -2.01. The summed E-state index contributed by atoms with van der Waals surface area (Å²) in [5, 5.41) is 12.6. The maximum atomic E-state index is 11.0. The van der Waals surface area contributed by atoms with Gasteiger partial charge in [-0.1, -0.05) is 46.6 Å². The van der Waals surface area contributed by atoms with Crippen LogP contribution in [0.4, 0.5) is 0 Å². The van der Waals surface area contributed by atoms with Crippen molar-refractivity contribution in [2.24, 2.45) is 0 Å². The second kappa shape index (κ2) is 4.15. The first kappa shape index (κ1) is 11.0. The highest BCUT2D eigenvalue weighted by Crippen LogP contribution is 2.34. The number of carboxylic acids is 1. The summed E-state index contributed by atoms with van der Waals surface area (Å²) in [4.78, 5) is 11.0. The van der Waals surface area contributed by atoms with Crippen molar-refractivity contribution in [1.29, 1.82) is 0 Å². The first-order valence-electron chi connectivity index (χ1n) is 4.24. The van der Waals surface area contributed by atoms with Crippen molar-refractivity contribution in [3.8, 4) is 11.3 Å². The Labute approximate surface area is 100 Å². The number of nitrogens with zero attached hydrogens (tertiary/aromatic N) is 1. The average molecular weight is 258 g/mol. The van der Waals surface area contributed by atoms with Gasteiger partial charge >= 0.3 is 5.97 Å². The van der Waals surface area contributed by atoms with Crippen molar-refractivity contribution in [3.05, 3.63) is 40.0 Å². The number of rotatable bonds is 2. The van der Waals surface area contributed by atoms with E-state index in [4.69, 9.17) is 32.8 Å². The fraction of sp³-hybridized carbons (Fsp3) is 0. The van der Waals surface area contributed by atoms with Gasteiger partial charge in [0.2, 0.25) is 0 Å². The summed E-state index contributed by atoms with van der Waals surface area (Å²) in [6, 6.07) is 6.31. The normalized spacial score (nSPS) is 10.4.